The van der Waals surface area contributed by atoms with Gasteiger partial charge in [0, 0.05) is 5.02 Å². The topological polar surface area (TPSA) is 12.0 Å². The number of hydrogen-bond acceptors (Lipinski definition) is 1. The lowest BCUT2D eigenvalue weighted by atomic mass is 9.75. The van der Waals surface area contributed by atoms with Crippen LogP contribution in [0.25, 0.3) is 0 Å². The van der Waals surface area contributed by atoms with Gasteiger partial charge in [-0.2, -0.15) is 0 Å². The predicted octanol–water partition coefficient (Wildman–Crippen LogP) is 3.83. The Morgan fingerprint density at radius 1 is 1.31 bits per heavy atom. The maximum absolute atomic E-state index is 6.07. The molecular weight excluding hydrogens is 218 g/mol. The Labute approximate surface area is 103 Å². The zero-order valence-corrected chi connectivity index (χ0v) is 10.6. The van der Waals surface area contributed by atoms with Gasteiger partial charge in [-0.15, -0.1) is 0 Å². The van der Waals surface area contributed by atoms with Crippen molar-refractivity contribution >= 4 is 11.6 Å². The average molecular weight is 238 g/mol. The minimum atomic E-state index is 0.694. The molecule has 16 heavy (non-hydrogen) atoms. The summed E-state index contributed by atoms with van der Waals surface area (Å²) in [6.45, 7) is 1.12. The average Bonchev–Trinajstić information content (AvgIpc) is 2.30. The minimum Gasteiger partial charge on any atom is -0.319 e. The molecule has 1 aromatic rings. The van der Waals surface area contributed by atoms with Gasteiger partial charge < -0.3 is 5.32 Å². The first kappa shape index (κ1) is 11.9. The number of benzene rings is 1. The molecule has 1 aliphatic carbocycles. The maximum atomic E-state index is 6.07. The van der Waals surface area contributed by atoms with Crippen LogP contribution >= 0.6 is 11.6 Å². The van der Waals surface area contributed by atoms with Gasteiger partial charge in [0.05, 0.1) is 0 Å². The van der Waals surface area contributed by atoms with Crippen molar-refractivity contribution in [1.82, 2.24) is 5.32 Å². The molecule has 0 heterocycles. The van der Waals surface area contributed by atoms with Crippen molar-refractivity contribution in [2.24, 2.45) is 5.92 Å². The third-order valence-electron chi connectivity index (χ3n) is 3.65. The third kappa shape index (κ3) is 2.78. The second-order valence-corrected chi connectivity index (χ2v) is 5.20. The summed E-state index contributed by atoms with van der Waals surface area (Å²) < 4.78 is 0. The molecule has 0 aliphatic heterocycles. The van der Waals surface area contributed by atoms with Crippen molar-refractivity contribution in [1.29, 1.82) is 0 Å². The molecule has 88 valence electrons. The van der Waals surface area contributed by atoms with E-state index in [1.807, 2.05) is 13.1 Å². The normalized spacial score (nSPS) is 25.6. The van der Waals surface area contributed by atoms with E-state index < -0.39 is 0 Å². The van der Waals surface area contributed by atoms with Crippen LogP contribution in [0.15, 0.2) is 24.3 Å². The molecule has 2 rings (SSSR count). The van der Waals surface area contributed by atoms with Crippen LogP contribution in [0.2, 0.25) is 5.02 Å². The van der Waals surface area contributed by atoms with Gasteiger partial charge in [-0.1, -0.05) is 36.6 Å². The first-order chi connectivity index (χ1) is 7.81. The summed E-state index contributed by atoms with van der Waals surface area (Å²) in [5.74, 6) is 1.47. The van der Waals surface area contributed by atoms with E-state index in [1.54, 1.807) is 0 Å². The van der Waals surface area contributed by atoms with Crippen LogP contribution in [0.4, 0.5) is 0 Å². The molecular formula is C14H20ClN. The summed E-state index contributed by atoms with van der Waals surface area (Å²) in [6.07, 6.45) is 5.39. The predicted molar refractivity (Wildman–Crippen MR) is 70.1 cm³/mol. The molecule has 2 atom stereocenters. The van der Waals surface area contributed by atoms with Crippen LogP contribution in [0, 0.1) is 5.92 Å². The molecule has 1 fully saturated rings. The maximum Gasteiger partial charge on any atom is 0.0408 e. The second kappa shape index (κ2) is 5.70. The lowest BCUT2D eigenvalue weighted by Crippen LogP contribution is -2.27. The SMILES string of the molecule is CNCC1CCCCC1c1cccc(Cl)c1. The first-order valence-electron chi connectivity index (χ1n) is 6.21. The lowest BCUT2D eigenvalue weighted by Gasteiger charge is -2.32. The van der Waals surface area contributed by atoms with Gasteiger partial charge >= 0.3 is 0 Å². The van der Waals surface area contributed by atoms with Crippen molar-refractivity contribution in [3.05, 3.63) is 34.9 Å². The van der Waals surface area contributed by atoms with E-state index in [0.29, 0.717) is 5.92 Å². The Bertz CT molecular complexity index is 335. The number of nitrogens with one attached hydrogen (secondary N) is 1. The summed E-state index contributed by atoms with van der Waals surface area (Å²) in [5.41, 5.74) is 1.42. The number of rotatable bonds is 3. The summed E-state index contributed by atoms with van der Waals surface area (Å²) in [7, 11) is 2.05. The van der Waals surface area contributed by atoms with Crippen molar-refractivity contribution < 1.29 is 0 Å². The second-order valence-electron chi connectivity index (χ2n) is 4.76. The van der Waals surface area contributed by atoms with E-state index in [2.05, 4.69) is 23.5 Å². The summed E-state index contributed by atoms with van der Waals surface area (Å²) in [6, 6.07) is 8.40. The van der Waals surface area contributed by atoms with Crippen molar-refractivity contribution in [2.75, 3.05) is 13.6 Å². The Kier molecular flexibility index (Phi) is 4.25. The highest BCUT2D eigenvalue weighted by Crippen LogP contribution is 2.37. The summed E-state index contributed by atoms with van der Waals surface area (Å²) >= 11 is 6.07. The lowest BCUT2D eigenvalue weighted by molar-refractivity contribution is 0.301. The molecule has 0 spiro atoms. The molecule has 0 bridgehead atoms. The van der Waals surface area contributed by atoms with Gasteiger partial charge in [0.15, 0.2) is 0 Å². The van der Waals surface area contributed by atoms with Gasteiger partial charge in [0.2, 0.25) is 0 Å². The van der Waals surface area contributed by atoms with Crippen LogP contribution in [0.5, 0.6) is 0 Å². The van der Waals surface area contributed by atoms with E-state index in [9.17, 15) is 0 Å². The van der Waals surface area contributed by atoms with E-state index in [4.69, 9.17) is 11.6 Å². The molecule has 1 saturated carbocycles. The van der Waals surface area contributed by atoms with Crippen molar-refractivity contribution in [3.8, 4) is 0 Å². The standard InChI is InChI=1S/C14H20ClN/c1-16-10-12-5-2-3-8-14(12)11-6-4-7-13(15)9-11/h4,6-7,9,12,14,16H,2-3,5,8,10H2,1H3. The molecule has 1 N–H and O–H groups in total. The molecule has 0 saturated heterocycles. The zero-order chi connectivity index (χ0) is 11.4. The fraction of sp³-hybridized carbons (Fsp3) is 0.571. The van der Waals surface area contributed by atoms with Gasteiger partial charge in [-0.05, 0) is 56.0 Å². The van der Waals surface area contributed by atoms with E-state index in [0.717, 1.165) is 17.5 Å². The summed E-state index contributed by atoms with van der Waals surface area (Å²) in [4.78, 5) is 0. The smallest absolute Gasteiger partial charge is 0.0408 e. The van der Waals surface area contributed by atoms with Crippen LogP contribution in [-0.4, -0.2) is 13.6 Å². The van der Waals surface area contributed by atoms with Crippen LogP contribution in [0.1, 0.15) is 37.2 Å². The zero-order valence-electron chi connectivity index (χ0n) is 9.88. The van der Waals surface area contributed by atoms with E-state index in [1.165, 1.54) is 31.2 Å². The van der Waals surface area contributed by atoms with Gasteiger partial charge in [-0.25, -0.2) is 0 Å². The fourth-order valence-corrected chi connectivity index (χ4v) is 3.09. The highest BCUT2D eigenvalue weighted by Gasteiger charge is 2.25. The largest absolute Gasteiger partial charge is 0.319 e. The van der Waals surface area contributed by atoms with Gasteiger partial charge in [0.1, 0.15) is 0 Å². The fourth-order valence-electron chi connectivity index (χ4n) is 2.89. The molecule has 0 aromatic heterocycles. The Morgan fingerprint density at radius 2 is 2.12 bits per heavy atom. The molecule has 0 amide bonds. The monoisotopic (exact) mass is 237 g/mol. The van der Waals surface area contributed by atoms with Crippen molar-refractivity contribution in [3.63, 3.8) is 0 Å². The number of hydrogen-bond donors (Lipinski definition) is 1. The first-order valence-corrected chi connectivity index (χ1v) is 6.59. The van der Waals surface area contributed by atoms with Gasteiger partial charge in [-0.3, -0.25) is 0 Å². The van der Waals surface area contributed by atoms with E-state index in [-0.39, 0.29) is 0 Å². The molecule has 1 aromatic carbocycles. The molecule has 1 nitrogen and oxygen atoms in total. The molecule has 2 heteroatoms. The van der Waals surface area contributed by atoms with Gasteiger partial charge in [0.25, 0.3) is 0 Å². The molecule has 0 radical (unpaired) electrons. The van der Waals surface area contributed by atoms with Crippen molar-refractivity contribution in [2.45, 2.75) is 31.6 Å². The van der Waals surface area contributed by atoms with Crippen LogP contribution in [0.3, 0.4) is 0 Å². The summed E-state index contributed by atoms with van der Waals surface area (Å²) in [5, 5.41) is 4.19. The minimum absolute atomic E-state index is 0.694. The number of halogens is 1. The molecule has 2 unspecified atom stereocenters. The third-order valence-corrected chi connectivity index (χ3v) is 3.89. The van der Waals surface area contributed by atoms with Crippen LogP contribution < -0.4 is 5.32 Å². The Morgan fingerprint density at radius 3 is 2.88 bits per heavy atom. The van der Waals surface area contributed by atoms with Crippen LogP contribution in [-0.2, 0) is 0 Å². The quantitative estimate of drug-likeness (QED) is 0.843. The molecule has 1 aliphatic rings. The highest BCUT2D eigenvalue weighted by molar-refractivity contribution is 6.30. The van der Waals surface area contributed by atoms with E-state index >= 15 is 0 Å². The Hall–Kier alpha value is -0.530. The Balaban J connectivity index is 2.16. The highest BCUT2D eigenvalue weighted by atomic mass is 35.5.